The second kappa shape index (κ2) is 7.34. The number of aromatic nitrogens is 2. The van der Waals surface area contributed by atoms with Crippen LogP contribution in [0.4, 0.5) is 4.39 Å². The molecule has 3 heterocycles. The van der Waals surface area contributed by atoms with E-state index in [0.29, 0.717) is 29.5 Å². The monoisotopic (exact) mass is 395 g/mol. The minimum absolute atomic E-state index is 0.0781. The molecule has 0 unspecified atom stereocenters. The molecular formula is C20H18FN5O3. The quantitative estimate of drug-likeness (QED) is 0.412. The summed E-state index contributed by atoms with van der Waals surface area (Å²) in [6.07, 6.45) is 1.54. The van der Waals surface area contributed by atoms with E-state index in [-0.39, 0.29) is 29.7 Å². The summed E-state index contributed by atoms with van der Waals surface area (Å²) >= 11 is 0. The van der Waals surface area contributed by atoms with E-state index in [1.807, 2.05) is 0 Å². The number of rotatable bonds is 3. The van der Waals surface area contributed by atoms with E-state index in [0.717, 1.165) is 5.56 Å². The number of fused-ring (bicyclic) bond motifs is 2. The van der Waals surface area contributed by atoms with E-state index in [4.69, 9.17) is 10.6 Å². The third-order valence-electron chi connectivity index (χ3n) is 4.74. The van der Waals surface area contributed by atoms with E-state index in [2.05, 4.69) is 10.1 Å². The van der Waals surface area contributed by atoms with Crippen LogP contribution in [0.3, 0.4) is 0 Å². The predicted molar refractivity (Wildman–Crippen MR) is 102 cm³/mol. The molecule has 3 aromatic rings. The summed E-state index contributed by atoms with van der Waals surface area (Å²) in [6, 6.07) is 9.41. The predicted octanol–water partition coefficient (Wildman–Crippen LogP) is 1.53. The first kappa shape index (κ1) is 18.6. The van der Waals surface area contributed by atoms with Crippen LogP contribution >= 0.6 is 0 Å². The van der Waals surface area contributed by atoms with Crippen LogP contribution in [0.1, 0.15) is 23.0 Å². The number of amides is 1. The molecule has 0 fully saturated rings. The zero-order valence-corrected chi connectivity index (χ0v) is 15.6. The van der Waals surface area contributed by atoms with E-state index >= 15 is 0 Å². The van der Waals surface area contributed by atoms with Crippen molar-refractivity contribution in [3.05, 3.63) is 65.2 Å². The molecule has 9 heteroatoms. The highest BCUT2D eigenvalue weighted by Crippen LogP contribution is 2.30. The molecule has 0 spiro atoms. The van der Waals surface area contributed by atoms with Crippen LogP contribution in [0.15, 0.2) is 47.7 Å². The smallest absolute Gasteiger partial charge is 0.308 e. The Kier molecular flexibility index (Phi) is 4.71. The zero-order chi connectivity index (χ0) is 20.5. The molecule has 29 heavy (non-hydrogen) atoms. The second-order valence-electron chi connectivity index (χ2n) is 6.63. The van der Waals surface area contributed by atoms with Crippen LogP contribution in [0, 0.1) is 5.82 Å². The largest absolute Gasteiger partial charge is 0.422 e. The molecule has 0 saturated heterocycles. The summed E-state index contributed by atoms with van der Waals surface area (Å²) in [7, 11) is 0. The van der Waals surface area contributed by atoms with Gasteiger partial charge in [0.15, 0.2) is 16.9 Å². The van der Waals surface area contributed by atoms with Crippen molar-refractivity contribution in [2.24, 2.45) is 10.9 Å². The highest BCUT2D eigenvalue weighted by molar-refractivity contribution is 6.02. The van der Waals surface area contributed by atoms with Crippen molar-refractivity contribution in [2.75, 3.05) is 6.54 Å². The van der Waals surface area contributed by atoms with Gasteiger partial charge in [-0.15, -0.1) is 0 Å². The van der Waals surface area contributed by atoms with Gasteiger partial charge in [-0.1, -0.05) is 12.1 Å². The van der Waals surface area contributed by atoms with Crippen molar-refractivity contribution in [2.45, 2.75) is 20.0 Å². The summed E-state index contributed by atoms with van der Waals surface area (Å²) in [5.41, 5.74) is 1.65. The average Bonchev–Trinajstić information content (AvgIpc) is 2.71. The molecule has 0 radical (unpaired) electrons. The Hall–Kier alpha value is -3.75. The lowest BCUT2D eigenvalue weighted by Gasteiger charge is -2.31. The fraction of sp³-hybridized carbons (Fsp3) is 0.200. The van der Waals surface area contributed by atoms with E-state index in [1.165, 1.54) is 25.3 Å². The second-order valence-corrected chi connectivity index (χ2v) is 6.63. The van der Waals surface area contributed by atoms with Gasteiger partial charge in [0, 0.05) is 38.1 Å². The number of ether oxygens (including phenoxy) is 1. The number of carbonyl (C=O) groups is 2. The Morgan fingerprint density at radius 1 is 1.28 bits per heavy atom. The van der Waals surface area contributed by atoms with Gasteiger partial charge in [-0.25, -0.2) is 4.39 Å². The maximum atomic E-state index is 13.3. The minimum atomic E-state index is -0.569. The van der Waals surface area contributed by atoms with Crippen molar-refractivity contribution in [1.29, 1.82) is 0 Å². The third-order valence-corrected chi connectivity index (χ3v) is 4.74. The molecular weight excluding hydrogens is 377 g/mol. The fourth-order valence-electron chi connectivity index (χ4n) is 3.50. The number of pyridine rings is 2. The normalized spacial score (nSPS) is 14.2. The standard InChI is InChI=1S/C20H18FN5O3/c1-12(27)29-18-16-15(3-2-8-23-16)19(24-22)26-10-9-25(20(28)17(18)26)11-13-4-6-14(21)7-5-13/h2-8H,9-11,22H2,1H3. The molecule has 4 rings (SSSR count). The first-order valence-corrected chi connectivity index (χ1v) is 8.97. The molecule has 0 saturated carbocycles. The van der Waals surface area contributed by atoms with Crippen molar-refractivity contribution >= 4 is 22.8 Å². The lowest BCUT2D eigenvalue weighted by molar-refractivity contribution is -0.131. The van der Waals surface area contributed by atoms with Crippen LogP contribution in [0.5, 0.6) is 5.75 Å². The summed E-state index contributed by atoms with van der Waals surface area (Å²) in [6.45, 7) is 2.34. The molecule has 2 N–H and O–H groups in total. The van der Waals surface area contributed by atoms with Crippen molar-refractivity contribution < 1.29 is 18.7 Å². The Balaban J connectivity index is 1.87. The van der Waals surface area contributed by atoms with E-state index in [9.17, 15) is 14.0 Å². The Labute approximate surface area is 165 Å². The van der Waals surface area contributed by atoms with Crippen LogP contribution in [0.25, 0.3) is 10.9 Å². The highest BCUT2D eigenvalue weighted by atomic mass is 19.1. The van der Waals surface area contributed by atoms with Gasteiger partial charge in [0.05, 0.1) is 0 Å². The number of nitrogens with zero attached hydrogens (tertiary/aromatic N) is 4. The Morgan fingerprint density at radius 3 is 2.72 bits per heavy atom. The van der Waals surface area contributed by atoms with Gasteiger partial charge in [0.2, 0.25) is 0 Å². The molecule has 0 atom stereocenters. The van der Waals surface area contributed by atoms with Gasteiger partial charge >= 0.3 is 5.97 Å². The summed E-state index contributed by atoms with van der Waals surface area (Å²) in [5.74, 6) is 4.43. The van der Waals surface area contributed by atoms with Gasteiger partial charge < -0.3 is 20.0 Å². The van der Waals surface area contributed by atoms with Gasteiger partial charge in [-0.05, 0) is 29.8 Å². The van der Waals surface area contributed by atoms with Crippen molar-refractivity contribution in [3.63, 3.8) is 0 Å². The lowest BCUT2D eigenvalue weighted by atomic mass is 10.1. The number of carbonyl (C=O) groups excluding carboxylic acids is 2. The Morgan fingerprint density at radius 2 is 2.03 bits per heavy atom. The van der Waals surface area contributed by atoms with Gasteiger partial charge in [0.1, 0.15) is 11.3 Å². The average molecular weight is 395 g/mol. The van der Waals surface area contributed by atoms with Gasteiger partial charge in [-0.3, -0.25) is 14.6 Å². The number of halogens is 1. The summed E-state index contributed by atoms with van der Waals surface area (Å²) in [4.78, 5) is 31.0. The van der Waals surface area contributed by atoms with Gasteiger partial charge in [0.25, 0.3) is 5.91 Å². The molecule has 1 aliphatic rings. The molecule has 2 aromatic heterocycles. The number of esters is 1. The van der Waals surface area contributed by atoms with Crippen LogP contribution in [-0.2, 0) is 17.9 Å². The molecule has 148 valence electrons. The maximum absolute atomic E-state index is 13.3. The Bertz CT molecular complexity index is 1190. The summed E-state index contributed by atoms with van der Waals surface area (Å²) in [5, 5.41) is 4.43. The summed E-state index contributed by atoms with van der Waals surface area (Å²) < 4.78 is 20.2. The molecule has 8 nitrogen and oxygen atoms in total. The fourth-order valence-corrected chi connectivity index (χ4v) is 3.50. The van der Waals surface area contributed by atoms with Gasteiger partial charge in [-0.2, -0.15) is 5.10 Å². The molecule has 0 aliphatic carbocycles. The zero-order valence-electron chi connectivity index (χ0n) is 15.6. The van der Waals surface area contributed by atoms with Crippen molar-refractivity contribution in [3.8, 4) is 5.75 Å². The molecule has 1 aliphatic heterocycles. The minimum Gasteiger partial charge on any atom is -0.422 e. The van der Waals surface area contributed by atoms with Crippen LogP contribution < -0.4 is 16.1 Å². The SMILES string of the molecule is CC(=O)Oc1c2n(c(=NN)c3cccnc13)CCN(Cc1ccc(F)cc1)C2=O. The third kappa shape index (κ3) is 3.31. The maximum Gasteiger partial charge on any atom is 0.308 e. The first-order valence-electron chi connectivity index (χ1n) is 8.97. The number of benzene rings is 1. The lowest BCUT2D eigenvalue weighted by Crippen LogP contribution is -2.45. The van der Waals surface area contributed by atoms with E-state index in [1.54, 1.807) is 33.7 Å². The first-order chi connectivity index (χ1) is 14.0. The number of nitrogens with two attached hydrogens (primary N) is 1. The number of hydrogen-bond donors (Lipinski definition) is 1. The van der Waals surface area contributed by atoms with Crippen LogP contribution in [0.2, 0.25) is 0 Å². The van der Waals surface area contributed by atoms with Crippen molar-refractivity contribution in [1.82, 2.24) is 14.5 Å². The molecule has 1 amide bonds. The van der Waals surface area contributed by atoms with E-state index < -0.39 is 5.97 Å². The molecule has 1 aromatic carbocycles. The topological polar surface area (TPSA) is 103 Å². The number of hydrogen-bond acceptors (Lipinski definition) is 6. The molecule has 0 bridgehead atoms. The highest BCUT2D eigenvalue weighted by Gasteiger charge is 2.31. The van der Waals surface area contributed by atoms with Crippen LogP contribution in [-0.4, -0.2) is 32.9 Å².